The summed E-state index contributed by atoms with van der Waals surface area (Å²) in [6.07, 6.45) is 0. The average molecular weight is 263 g/mol. The fourth-order valence-electron chi connectivity index (χ4n) is 1.99. The number of phenols is 2. The van der Waals surface area contributed by atoms with Crippen LogP contribution in [-0.2, 0) is 5.41 Å². The Labute approximate surface area is 111 Å². The minimum Gasteiger partial charge on any atom is -0.508 e. The van der Waals surface area contributed by atoms with E-state index in [2.05, 4.69) is 0 Å². The zero-order valence-electron chi connectivity index (χ0n) is 10.3. The lowest BCUT2D eigenvalue weighted by molar-refractivity contribution is 0.446. The zero-order chi connectivity index (χ0) is 13.3. The molecular weight excluding hydrogens is 248 g/mol. The molecule has 2 N–H and O–H groups in total. The largest absolute Gasteiger partial charge is 0.508 e. The van der Waals surface area contributed by atoms with Gasteiger partial charge in [0.2, 0.25) is 0 Å². The van der Waals surface area contributed by atoms with Gasteiger partial charge in [-0.25, -0.2) is 0 Å². The first kappa shape index (κ1) is 12.8. The van der Waals surface area contributed by atoms with Crippen LogP contribution in [0, 0.1) is 0 Å². The van der Waals surface area contributed by atoms with Crippen LogP contribution in [-0.4, -0.2) is 10.2 Å². The summed E-state index contributed by atoms with van der Waals surface area (Å²) >= 11 is 5.88. The van der Waals surface area contributed by atoms with E-state index in [4.69, 9.17) is 11.6 Å². The van der Waals surface area contributed by atoms with Crippen molar-refractivity contribution in [1.29, 1.82) is 0 Å². The summed E-state index contributed by atoms with van der Waals surface area (Å²) in [6, 6.07) is 12.2. The van der Waals surface area contributed by atoms with Crippen molar-refractivity contribution in [1.82, 2.24) is 0 Å². The van der Waals surface area contributed by atoms with E-state index in [1.165, 1.54) is 6.07 Å². The molecule has 0 radical (unpaired) electrons. The van der Waals surface area contributed by atoms with Crippen LogP contribution >= 0.6 is 11.6 Å². The molecule has 0 aliphatic carbocycles. The van der Waals surface area contributed by atoms with Gasteiger partial charge in [-0.05, 0) is 35.4 Å². The highest BCUT2D eigenvalue weighted by Gasteiger charge is 2.24. The molecule has 0 saturated heterocycles. The van der Waals surface area contributed by atoms with E-state index in [0.717, 1.165) is 11.1 Å². The molecule has 0 aliphatic rings. The Morgan fingerprint density at radius 2 is 1.33 bits per heavy atom. The van der Waals surface area contributed by atoms with Crippen LogP contribution in [0.5, 0.6) is 11.5 Å². The summed E-state index contributed by atoms with van der Waals surface area (Å²) in [6.45, 7) is 4.06. The molecule has 0 aromatic heterocycles. The van der Waals surface area contributed by atoms with Gasteiger partial charge in [0.05, 0.1) is 0 Å². The molecule has 0 heterocycles. The smallest absolute Gasteiger partial charge is 0.119 e. The highest BCUT2D eigenvalue weighted by molar-refractivity contribution is 6.30. The second kappa shape index (κ2) is 4.54. The quantitative estimate of drug-likeness (QED) is 0.856. The number of hydrogen-bond acceptors (Lipinski definition) is 2. The summed E-state index contributed by atoms with van der Waals surface area (Å²) in [5, 5.41) is 19.8. The summed E-state index contributed by atoms with van der Waals surface area (Å²) in [5.41, 5.74) is 1.60. The molecule has 0 amide bonds. The summed E-state index contributed by atoms with van der Waals surface area (Å²) in [4.78, 5) is 0. The first-order valence-corrected chi connectivity index (χ1v) is 6.07. The molecule has 0 fully saturated rings. The van der Waals surface area contributed by atoms with E-state index in [0.29, 0.717) is 5.02 Å². The molecule has 0 saturated carbocycles. The number of phenolic OH excluding ortho intramolecular Hbond substituents is 2. The van der Waals surface area contributed by atoms with Crippen LogP contribution in [0.15, 0.2) is 42.5 Å². The zero-order valence-corrected chi connectivity index (χ0v) is 11.1. The SMILES string of the molecule is CC(C)(c1ccc(Cl)cc1)c1cc(O)cc(O)c1. The number of benzene rings is 2. The normalized spacial score (nSPS) is 11.5. The third-order valence-electron chi connectivity index (χ3n) is 3.19. The highest BCUT2D eigenvalue weighted by Crippen LogP contribution is 2.35. The van der Waals surface area contributed by atoms with Gasteiger partial charge in [-0.15, -0.1) is 0 Å². The number of halogens is 1. The molecule has 18 heavy (non-hydrogen) atoms. The average Bonchev–Trinajstić information content (AvgIpc) is 2.28. The van der Waals surface area contributed by atoms with E-state index in [1.807, 2.05) is 38.1 Å². The topological polar surface area (TPSA) is 40.5 Å². The van der Waals surface area contributed by atoms with Crippen molar-refractivity contribution in [3.63, 3.8) is 0 Å². The lowest BCUT2D eigenvalue weighted by Gasteiger charge is -2.26. The summed E-state index contributed by atoms with van der Waals surface area (Å²) < 4.78 is 0. The van der Waals surface area contributed by atoms with Gasteiger partial charge in [-0.1, -0.05) is 37.6 Å². The van der Waals surface area contributed by atoms with Gasteiger partial charge >= 0.3 is 0 Å². The third-order valence-corrected chi connectivity index (χ3v) is 3.44. The van der Waals surface area contributed by atoms with Gasteiger partial charge in [0.25, 0.3) is 0 Å². The maximum absolute atomic E-state index is 9.57. The molecule has 94 valence electrons. The molecule has 0 bridgehead atoms. The molecule has 3 heteroatoms. The van der Waals surface area contributed by atoms with E-state index in [9.17, 15) is 10.2 Å². The highest BCUT2D eigenvalue weighted by atomic mass is 35.5. The van der Waals surface area contributed by atoms with E-state index >= 15 is 0 Å². The minimum absolute atomic E-state index is 0.0621. The predicted molar refractivity (Wildman–Crippen MR) is 73.4 cm³/mol. The van der Waals surface area contributed by atoms with E-state index in [-0.39, 0.29) is 16.9 Å². The third kappa shape index (κ3) is 2.44. The molecule has 0 unspecified atom stereocenters. The molecule has 2 rings (SSSR count). The van der Waals surface area contributed by atoms with E-state index in [1.54, 1.807) is 12.1 Å². The van der Waals surface area contributed by atoms with Gasteiger partial charge < -0.3 is 10.2 Å². The van der Waals surface area contributed by atoms with Crippen LogP contribution in [0.4, 0.5) is 0 Å². The van der Waals surface area contributed by atoms with Crippen molar-refractivity contribution in [2.45, 2.75) is 19.3 Å². The fraction of sp³-hybridized carbons (Fsp3) is 0.200. The van der Waals surface area contributed by atoms with Gasteiger partial charge in [0.15, 0.2) is 0 Å². The van der Waals surface area contributed by atoms with Crippen molar-refractivity contribution >= 4 is 11.6 Å². The Morgan fingerprint density at radius 3 is 1.83 bits per heavy atom. The van der Waals surface area contributed by atoms with Crippen molar-refractivity contribution in [3.8, 4) is 11.5 Å². The molecule has 2 aromatic carbocycles. The Balaban J connectivity index is 2.49. The molecule has 2 aromatic rings. The van der Waals surface area contributed by atoms with Gasteiger partial charge in [0.1, 0.15) is 11.5 Å². The Morgan fingerprint density at radius 1 is 0.833 bits per heavy atom. The van der Waals surface area contributed by atoms with Crippen LogP contribution < -0.4 is 0 Å². The van der Waals surface area contributed by atoms with Gasteiger partial charge in [-0.3, -0.25) is 0 Å². The van der Waals surface area contributed by atoms with Crippen molar-refractivity contribution < 1.29 is 10.2 Å². The van der Waals surface area contributed by atoms with Crippen molar-refractivity contribution in [2.75, 3.05) is 0 Å². The fourth-order valence-corrected chi connectivity index (χ4v) is 2.12. The van der Waals surface area contributed by atoms with Crippen LogP contribution in [0.1, 0.15) is 25.0 Å². The van der Waals surface area contributed by atoms with E-state index < -0.39 is 0 Å². The second-order valence-corrected chi connectivity index (χ2v) is 5.31. The number of rotatable bonds is 2. The first-order valence-electron chi connectivity index (χ1n) is 5.69. The Hall–Kier alpha value is -1.67. The maximum atomic E-state index is 9.57. The van der Waals surface area contributed by atoms with Crippen LogP contribution in [0.2, 0.25) is 5.02 Å². The molecule has 0 aliphatic heterocycles. The first-order chi connectivity index (χ1) is 8.39. The molecular formula is C15H15ClO2. The Kier molecular flexibility index (Phi) is 3.22. The summed E-state index contributed by atoms with van der Waals surface area (Å²) in [5.74, 6) is 0.124. The lowest BCUT2D eigenvalue weighted by atomic mass is 9.78. The Bertz CT molecular complexity index is 539. The monoisotopic (exact) mass is 262 g/mol. The second-order valence-electron chi connectivity index (χ2n) is 4.87. The predicted octanol–water partition coefficient (Wildman–Crippen LogP) is 4.08. The number of hydrogen-bond donors (Lipinski definition) is 2. The van der Waals surface area contributed by atoms with Gasteiger partial charge in [0, 0.05) is 16.5 Å². The molecule has 0 atom stereocenters. The summed E-state index contributed by atoms with van der Waals surface area (Å²) in [7, 11) is 0. The maximum Gasteiger partial charge on any atom is 0.119 e. The van der Waals surface area contributed by atoms with Crippen LogP contribution in [0.25, 0.3) is 0 Å². The molecule has 0 spiro atoms. The minimum atomic E-state index is -0.319. The standard InChI is InChI=1S/C15H15ClO2/c1-15(2,10-3-5-12(16)6-4-10)11-7-13(17)9-14(18)8-11/h3-9,17-18H,1-2H3. The lowest BCUT2D eigenvalue weighted by Crippen LogP contribution is -2.18. The van der Waals surface area contributed by atoms with Crippen molar-refractivity contribution in [3.05, 3.63) is 58.6 Å². The molecule has 2 nitrogen and oxygen atoms in total. The van der Waals surface area contributed by atoms with Crippen LogP contribution in [0.3, 0.4) is 0 Å². The van der Waals surface area contributed by atoms with Gasteiger partial charge in [-0.2, -0.15) is 0 Å². The number of aromatic hydroxyl groups is 2. The van der Waals surface area contributed by atoms with Crippen molar-refractivity contribution in [2.24, 2.45) is 0 Å².